The van der Waals surface area contributed by atoms with Crippen LogP contribution in [0.15, 0.2) is 35.0 Å². The molecule has 2 amide bonds. The van der Waals surface area contributed by atoms with Crippen LogP contribution >= 0.6 is 22.9 Å². The lowest BCUT2D eigenvalue weighted by Gasteiger charge is -2.10. The SMILES string of the molecule is O=C(Cc1csc(N2CCCC2=O)n1)Nc1ccc(-c2csnn2)cc1. The van der Waals surface area contributed by atoms with Gasteiger partial charge in [-0.3, -0.25) is 14.5 Å². The molecule has 0 saturated carbocycles. The highest BCUT2D eigenvalue weighted by molar-refractivity contribution is 7.14. The summed E-state index contributed by atoms with van der Waals surface area (Å²) in [5.41, 5.74) is 3.16. The summed E-state index contributed by atoms with van der Waals surface area (Å²) in [5, 5.41) is 11.3. The van der Waals surface area contributed by atoms with E-state index in [4.69, 9.17) is 0 Å². The van der Waals surface area contributed by atoms with E-state index >= 15 is 0 Å². The first-order chi connectivity index (χ1) is 12.7. The minimum atomic E-state index is -0.141. The smallest absolute Gasteiger partial charge is 0.230 e. The quantitative estimate of drug-likeness (QED) is 0.729. The average Bonchev–Trinajstić information content (AvgIpc) is 3.37. The topological polar surface area (TPSA) is 88.1 Å². The summed E-state index contributed by atoms with van der Waals surface area (Å²) in [6.45, 7) is 0.707. The fourth-order valence-electron chi connectivity index (χ4n) is 2.74. The number of aromatic nitrogens is 3. The van der Waals surface area contributed by atoms with Gasteiger partial charge in [0, 0.05) is 35.0 Å². The molecular formula is C17H15N5O2S2. The molecule has 1 N–H and O–H groups in total. The van der Waals surface area contributed by atoms with E-state index in [1.165, 1.54) is 22.9 Å². The molecule has 0 radical (unpaired) electrons. The monoisotopic (exact) mass is 385 g/mol. The van der Waals surface area contributed by atoms with Crippen molar-refractivity contribution >= 4 is 45.5 Å². The molecule has 1 aliphatic heterocycles. The number of rotatable bonds is 5. The molecule has 132 valence electrons. The molecule has 2 aromatic heterocycles. The first-order valence-electron chi connectivity index (χ1n) is 8.11. The second-order valence-corrected chi connectivity index (χ2v) is 7.31. The fourth-order valence-corrected chi connectivity index (χ4v) is 4.07. The largest absolute Gasteiger partial charge is 0.326 e. The van der Waals surface area contributed by atoms with Crippen molar-refractivity contribution in [2.75, 3.05) is 16.8 Å². The zero-order valence-electron chi connectivity index (χ0n) is 13.7. The van der Waals surface area contributed by atoms with E-state index in [0.29, 0.717) is 29.5 Å². The molecular weight excluding hydrogens is 370 g/mol. The second kappa shape index (κ2) is 7.30. The van der Waals surface area contributed by atoms with E-state index in [1.807, 2.05) is 35.0 Å². The molecule has 1 aromatic carbocycles. The van der Waals surface area contributed by atoms with Gasteiger partial charge in [0.05, 0.1) is 12.1 Å². The van der Waals surface area contributed by atoms with Gasteiger partial charge in [0.2, 0.25) is 11.8 Å². The van der Waals surface area contributed by atoms with Gasteiger partial charge in [0.1, 0.15) is 5.69 Å². The van der Waals surface area contributed by atoms with Gasteiger partial charge in [-0.05, 0) is 30.1 Å². The first-order valence-corrected chi connectivity index (χ1v) is 9.83. The second-order valence-electron chi connectivity index (χ2n) is 5.86. The molecule has 0 aliphatic carbocycles. The molecule has 0 spiro atoms. The van der Waals surface area contributed by atoms with Gasteiger partial charge in [-0.2, -0.15) is 0 Å². The number of nitrogens with zero attached hydrogens (tertiary/aromatic N) is 4. The van der Waals surface area contributed by atoms with Crippen molar-refractivity contribution < 1.29 is 9.59 Å². The number of thiazole rings is 1. The number of amides is 2. The van der Waals surface area contributed by atoms with Crippen LogP contribution in [0.3, 0.4) is 0 Å². The van der Waals surface area contributed by atoms with E-state index in [9.17, 15) is 9.59 Å². The minimum Gasteiger partial charge on any atom is -0.326 e. The number of carbonyl (C=O) groups excluding carboxylic acids is 2. The van der Waals surface area contributed by atoms with E-state index in [-0.39, 0.29) is 18.2 Å². The van der Waals surface area contributed by atoms with Crippen molar-refractivity contribution in [2.45, 2.75) is 19.3 Å². The Labute approximate surface area is 157 Å². The number of nitrogens with one attached hydrogen (secondary N) is 1. The molecule has 3 aromatic rings. The minimum absolute atomic E-state index is 0.103. The van der Waals surface area contributed by atoms with Gasteiger partial charge in [0.25, 0.3) is 0 Å². The predicted molar refractivity (Wildman–Crippen MR) is 101 cm³/mol. The Morgan fingerprint density at radius 3 is 2.77 bits per heavy atom. The maximum atomic E-state index is 12.2. The Morgan fingerprint density at radius 2 is 2.08 bits per heavy atom. The third-order valence-electron chi connectivity index (χ3n) is 4.01. The Balaban J connectivity index is 1.37. The van der Waals surface area contributed by atoms with Crippen molar-refractivity contribution in [3.63, 3.8) is 0 Å². The standard InChI is InChI=1S/C17H15N5O2S2/c23-15(8-13-9-25-17(19-13)22-7-1-2-16(22)24)18-12-5-3-11(4-6-12)14-10-26-21-20-14/h3-6,9-10H,1-2,7-8H2,(H,18,23). The lowest BCUT2D eigenvalue weighted by atomic mass is 10.1. The summed E-state index contributed by atoms with van der Waals surface area (Å²) in [4.78, 5) is 30.1. The van der Waals surface area contributed by atoms with Crippen molar-refractivity contribution in [3.05, 3.63) is 40.7 Å². The van der Waals surface area contributed by atoms with Crippen LogP contribution in [-0.2, 0) is 16.0 Å². The molecule has 1 saturated heterocycles. The third kappa shape index (κ3) is 3.63. The van der Waals surface area contributed by atoms with Crippen LogP contribution in [0.1, 0.15) is 18.5 Å². The van der Waals surface area contributed by atoms with E-state index in [0.717, 1.165) is 17.7 Å². The van der Waals surface area contributed by atoms with Gasteiger partial charge >= 0.3 is 0 Å². The van der Waals surface area contributed by atoms with Crippen molar-refractivity contribution in [2.24, 2.45) is 0 Å². The molecule has 1 fully saturated rings. The van der Waals surface area contributed by atoms with E-state index in [2.05, 4.69) is 19.9 Å². The van der Waals surface area contributed by atoms with Crippen LogP contribution in [0.2, 0.25) is 0 Å². The van der Waals surface area contributed by atoms with E-state index in [1.54, 1.807) is 4.90 Å². The number of anilines is 2. The first kappa shape index (κ1) is 16.8. The zero-order valence-corrected chi connectivity index (χ0v) is 15.3. The Kier molecular flexibility index (Phi) is 4.72. The molecule has 0 unspecified atom stereocenters. The number of hydrogen-bond acceptors (Lipinski definition) is 7. The van der Waals surface area contributed by atoms with Gasteiger partial charge in [-0.25, -0.2) is 4.98 Å². The summed E-state index contributed by atoms with van der Waals surface area (Å²) >= 11 is 2.70. The molecule has 9 heteroatoms. The highest BCUT2D eigenvalue weighted by Gasteiger charge is 2.24. The summed E-state index contributed by atoms with van der Waals surface area (Å²) in [6.07, 6.45) is 1.61. The zero-order chi connectivity index (χ0) is 17.9. The van der Waals surface area contributed by atoms with Crippen molar-refractivity contribution in [3.8, 4) is 11.3 Å². The van der Waals surface area contributed by atoms with Crippen molar-refractivity contribution in [1.29, 1.82) is 0 Å². The molecule has 26 heavy (non-hydrogen) atoms. The highest BCUT2D eigenvalue weighted by atomic mass is 32.1. The molecule has 0 atom stereocenters. The number of benzene rings is 1. The summed E-state index contributed by atoms with van der Waals surface area (Å²) in [6, 6.07) is 7.46. The number of hydrogen-bond donors (Lipinski definition) is 1. The fraction of sp³-hybridized carbons (Fsp3) is 0.235. The van der Waals surface area contributed by atoms with Crippen LogP contribution in [-0.4, -0.2) is 32.9 Å². The third-order valence-corrected chi connectivity index (χ3v) is 5.43. The predicted octanol–water partition coefficient (Wildman–Crippen LogP) is 2.97. The molecule has 4 rings (SSSR count). The lowest BCUT2D eigenvalue weighted by molar-refractivity contribution is -0.117. The molecule has 1 aliphatic rings. The van der Waals surface area contributed by atoms with Gasteiger partial charge in [-0.15, -0.1) is 16.4 Å². The Hall–Kier alpha value is -2.65. The maximum Gasteiger partial charge on any atom is 0.230 e. The van der Waals surface area contributed by atoms with Gasteiger partial charge in [-0.1, -0.05) is 16.6 Å². The van der Waals surface area contributed by atoms with Crippen molar-refractivity contribution in [1.82, 2.24) is 14.6 Å². The lowest BCUT2D eigenvalue weighted by Crippen LogP contribution is -2.23. The van der Waals surface area contributed by atoms with Gasteiger partial charge < -0.3 is 5.32 Å². The normalized spacial score (nSPS) is 14.0. The molecule has 3 heterocycles. The summed E-state index contributed by atoms with van der Waals surface area (Å²) < 4.78 is 3.84. The Bertz CT molecular complexity index is 921. The highest BCUT2D eigenvalue weighted by Crippen LogP contribution is 2.25. The maximum absolute atomic E-state index is 12.2. The van der Waals surface area contributed by atoms with Crippen LogP contribution in [0.25, 0.3) is 11.3 Å². The average molecular weight is 385 g/mol. The van der Waals surface area contributed by atoms with E-state index < -0.39 is 0 Å². The van der Waals surface area contributed by atoms with Crippen LogP contribution in [0, 0.1) is 0 Å². The molecule has 7 nitrogen and oxygen atoms in total. The summed E-state index contributed by atoms with van der Waals surface area (Å²) in [7, 11) is 0. The molecule has 0 bridgehead atoms. The number of carbonyl (C=O) groups is 2. The summed E-state index contributed by atoms with van der Waals surface area (Å²) in [5.74, 6) is -0.0385. The van der Waals surface area contributed by atoms with Crippen LogP contribution in [0.5, 0.6) is 0 Å². The van der Waals surface area contributed by atoms with Crippen LogP contribution in [0.4, 0.5) is 10.8 Å². The van der Waals surface area contributed by atoms with Crippen LogP contribution < -0.4 is 10.2 Å². The van der Waals surface area contributed by atoms with Gasteiger partial charge in [0.15, 0.2) is 5.13 Å². The Morgan fingerprint density at radius 1 is 1.23 bits per heavy atom.